The molecule has 0 unspecified atom stereocenters. The minimum Gasteiger partial charge on any atom is -0.508 e. The molecule has 6 nitrogen and oxygen atoms in total. The predicted molar refractivity (Wildman–Crippen MR) is 102 cm³/mol. The van der Waals surface area contributed by atoms with Crippen LogP contribution in [0.25, 0.3) is 0 Å². The Bertz CT molecular complexity index is 775. The molecule has 1 fully saturated rings. The van der Waals surface area contributed by atoms with Gasteiger partial charge in [0, 0.05) is 5.41 Å². The Morgan fingerprint density at radius 1 is 0.786 bits per heavy atom. The highest BCUT2D eigenvalue weighted by molar-refractivity contribution is 5.90. The summed E-state index contributed by atoms with van der Waals surface area (Å²) in [6.07, 6.45) is 4.66. The van der Waals surface area contributed by atoms with E-state index in [9.17, 15) is 19.8 Å². The minimum atomic E-state index is -0.514. The number of hydrogen-bond acceptors (Lipinski definition) is 6. The van der Waals surface area contributed by atoms with Crippen LogP contribution in [0.5, 0.6) is 11.5 Å². The monoisotopic (exact) mass is 384 g/mol. The van der Waals surface area contributed by atoms with Crippen LogP contribution in [0.4, 0.5) is 0 Å². The normalized spacial score (nSPS) is 15.6. The first kappa shape index (κ1) is 19.7. The van der Waals surface area contributed by atoms with E-state index in [-0.39, 0.29) is 35.8 Å². The first-order chi connectivity index (χ1) is 13.5. The average Bonchev–Trinajstić information content (AvgIpc) is 2.71. The van der Waals surface area contributed by atoms with E-state index in [4.69, 9.17) is 9.47 Å². The van der Waals surface area contributed by atoms with Crippen molar-refractivity contribution in [1.82, 2.24) is 0 Å². The maximum atomic E-state index is 12.3. The van der Waals surface area contributed by atoms with Crippen LogP contribution in [0, 0.1) is 5.41 Å². The van der Waals surface area contributed by atoms with Crippen molar-refractivity contribution < 1.29 is 29.3 Å². The van der Waals surface area contributed by atoms with Gasteiger partial charge in [-0.1, -0.05) is 31.4 Å². The molecule has 0 atom stereocenters. The number of esters is 2. The van der Waals surface area contributed by atoms with Crippen LogP contribution in [-0.2, 0) is 9.47 Å². The zero-order valence-corrected chi connectivity index (χ0v) is 15.6. The quantitative estimate of drug-likeness (QED) is 0.730. The fourth-order valence-electron chi connectivity index (χ4n) is 3.50. The van der Waals surface area contributed by atoms with Crippen LogP contribution in [0.2, 0.25) is 0 Å². The molecular formula is C22H24O6. The molecule has 3 rings (SSSR count). The van der Waals surface area contributed by atoms with Crippen molar-refractivity contribution in [2.75, 3.05) is 13.2 Å². The molecule has 1 aliphatic carbocycles. The molecule has 0 aromatic heterocycles. The summed E-state index contributed by atoms with van der Waals surface area (Å²) in [6.45, 7) is 0.295. The molecule has 1 saturated carbocycles. The Kier molecular flexibility index (Phi) is 6.19. The summed E-state index contributed by atoms with van der Waals surface area (Å²) in [6, 6.07) is 12.0. The van der Waals surface area contributed by atoms with Gasteiger partial charge in [0.1, 0.15) is 24.7 Å². The molecule has 6 heteroatoms. The number of carbonyl (C=O) groups is 2. The molecule has 0 spiro atoms. The van der Waals surface area contributed by atoms with Crippen molar-refractivity contribution in [3.8, 4) is 11.5 Å². The fraction of sp³-hybridized carbons (Fsp3) is 0.364. The first-order valence-electron chi connectivity index (χ1n) is 9.40. The van der Waals surface area contributed by atoms with E-state index in [1.54, 1.807) is 24.3 Å². The van der Waals surface area contributed by atoms with E-state index in [1.165, 1.54) is 24.3 Å². The van der Waals surface area contributed by atoms with Crippen molar-refractivity contribution in [3.05, 3.63) is 59.7 Å². The number of phenolic OH excluding ortho intramolecular Hbond substituents is 2. The highest BCUT2D eigenvalue weighted by Crippen LogP contribution is 2.37. The van der Waals surface area contributed by atoms with Gasteiger partial charge in [0.2, 0.25) is 0 Å². The Morgan fingerprint density at radius 3 is 1.68 bits per heavy atom. The molecule has 2 aromatic rings. The molecule has 148 valence electrons. The summed E-state index contributed by atoms with van der Waals surface area (Å²) in [5.41, 5.74) is 0.141. The maximum Gasteiger partial charge on any atom is 0.338 e. The Morgan fingerprint density at radius 2 is 1.25 bits per heavy atom. The number of aromatic hydroxyl groups is 2. The zero-order chi connectivity index (χ0) is 20.0. The van der Waals surface area contributed by atoms with Gasteiger partial charge in [-0.15, -0.1) is 0 Å². The molecular weight excluding hydrogens is 360 g/mol. The maximum absolute atomic E-state index is 12.3. The Labute approximate surface area is 163 Å². The van der Waals surface area contributed by atoms with Gasteiger partial charge < -0.3 is 19.7 Å². The molecule has 28 heavy (non-hydrogen) atoms. The van der Waals surface area contributed by atoms with Crippen LogP contribution >= 0.6 is 0 Å². The molecule has 0 aliphatic heterocycles. The Balaban J connectivity index is 1.63. The first-order valence-corrected chi connectivity index (χ1v) is 9.40. The highest BCUT2D eigenvalue weighted by Gasteiger charge is 2.35. The second-order valence-corrected chi connectivity index (χ2v) is 7.31. The number of benzene rings is 2. The van der Waals surface area contributed by atoms with E-state index in [1.807, 2.05) is 0 Å². The van der Waals surface area contributed by atoms with Crippen LogP contribution in [0.15, 0.2) is 48.5 Å². The summed E-state index contributed by atoms with van der Waals surface area (Å²) >= 11 is 0. The smallest absolute Gasteiger partial charge is 0.338 e. The van der Waals surface area contributed by atoms with Gasteiger partial charge in [0.05, 0.1) is 11.1 Å². The second kappa shape index (κ2) is 8.78. The molecule has 1 aliphatic rings. The van der Waals surface area contributed by atoms with E-state index in [0.717, 1.165) is 32.1 Å². The number of rotatable bonds is 6. The number of phenols is 2. The number of hydrogen-bond donors (Lipinski definition) is 2. The molecule has 0 radical (unpaired) electrons. The van der Waals surface area contributed by atoms with Crippen LogP contribution in [0.3, 0.4) is 0 Å². The number of carbonyl (C=O) groups excluding carboxylic acids is 2. The summed E-state index contributed by atoms with van der Waals surface area (Å²) in [5, 5.41) is 19.0. The van der Waals surface area contributed by atoms with Gasteiger partial charge in [-0.2, -0.15) is 0 Å². The third-order valence-corrected chi connectivity index (χ3v) is 5.10. The lowest BCUT2D eigenvalue weighted by Gasteiger charge is -2.36. The second-order valence-electron chi connectivity index (χ2n) is 7.31. The van der Waals surface area contributed by atoms with E-state index in [0.29, 0.717) is 0 Å². The van der Waals surface area contributed by atoms with Gasteiger partial charge in [-0.3, -0.25) is 0 Å². The van der Waals surface area contributed by atoms with E-state index in [2.05, 4.69) is 0 Å². The largest absolute Gasteiger partial charge is 0.508 e. The van der Waals surface area contributed by atoms with Crippen molar-refractivity contribution in [2.45, 2.75) is 32.1 Å². The fourth-order valence-corrected chi connectivity index (χ4v) is 3.50. The molecule has 0 amide bonds. The standard InChI is InChI=1S/C22H24O6/c23-18-8-4-6-16(12-18)20(25)27-14-22(10-2-1-3-11-22)15-28-21(26)17-7-5-9-19(24)13-17/h4-9,12-13,23-24H,1-3,10-11,14-15H2. The van der Waals surface area contributed by atoms with E-state index < -0.39 is 17.4 Å². The van der Waals surface area contributed by atoms with Crippen molar-refractivity contribution >= 4 is 11.9 Å². The van der Waals surface area contributed by atoms with Crippen molar-refractivity contribution in [2.24, 2.45) is 5.41 Å². The lowest BCUT2D eigenvalue weighted by molar-refractivity contribution is -0.0199. The van der Waals surface area contributed by atoms with Crippen LogP contribution in [0.1, 0.15) is 52.8 Å². The summed E-state index contributed by atoms with van der Waals surface area (Å²) in [4.78, 5) is 24.6. The molecule has 2 aromatic carbocycles. The predicted octanol–water partition coefficient (Wildman–Crippen LogP) is 4.06. The van der Waals surface area contributed by atoms with Crippen molar-refractivity contribution in [1.29, 1.82) is 0 Å². The lowest BCUT2D eigenvalue weighted by Crippen LogP contribution is -2.36. The van der Waals surface area contributed by atoms with Gasteiger partial charge in [-0.25, -0.2) is 9.59 Å². The number of ether oxygens (including phenoxy) is 2. The summed E-state index contributed by atoms with van der Waals surface area (Å²) < 4.78 is 11.0. The minimum absolute atomic E-state index is 0.00173. The molecule has 2 N–H and O–H groups in total. The third-order valence-electron chi connectivity index (χ3n) is 5.10. The van der Waals surface area contributed by atoms with Crippen molar-refractivity contribution in [3.63, 3.8) is 0 Å². The van der Waals surface area contributed by atoms with Crippen LogP contribution < -0.4 is 0 Å². The molecule has 0 bridgehead atoms. The topological polar surface area (TPSA) is 93.1 Å². The molecule has 0 heterocycles. The zero-order valence-electron chi connectivity index (χ0n) is 15.6. The van der Waals surface area contributed by atoms with Gasteiger partial charge >= 0.3 is 11.9 Å². The SMILES string of the molecule is O=C(OCC1(COC(=O)c2cccc(O)c2)CCCCC1)c1cccc(O)c1. The summed E-state index contributed by atoms with van der Waals surface area (Å²) in [7, 11) is 0. The highest BCUT2D eigenvalue weighted by atomic mass is 16.5. The lowest BCUT2D eigenvalue weighted by atomic mass is 9.75. The Hall–Kier alpha value is -3.02. The van der Waals surface area contributed by atoms with Crippen LogP contribution in [-0.4, -0.2) is 35.4 Å². The summed E-state index contributed by atoms with van der Waals surface area (Å²) in [5.74, 6) is -1.02. The van der Waals surface area contributed by atoms with Gasteiger partial charge in [0.15, 0.2) is 0 Å². The van der Waals surface area contributed by atoms with Gasteiger partial charge in [-0.05, 0) is 49.2 Å². The average molecular weight is 384 g/mol. The third kappa shape index (κ3) is 5.03. The van der Waals surface area contributed by atoms with Gasteiger partial charge in [0.25, 0.3) is 0 Å². The molecule has 0 saturated heterocycles. The van der Waals surface area contributed by atoms with E-state index >= 15 is 0 Å².